The summed E-state index contributed by atoms with van der Waals surface area (Å²) in [6.07, 6.45) is 1.66. The number of benzene rings is 1. The second-order valence-corrected chi connectivity index (χ2v) is 6.63. The predicted octanol–water partition coefficient (Wildman–Crippen LogP) is 2.71. The van der Waals surface area contributed by atoms with Gasteiger partial charge < -0.3 is 19.1 Å². The number of para-hydroxylation sites is 1. The van der Waals surface area contributed by atoms with E-state index in [4.69, 9.17) is 25.8 Å². The van der Waals surface area contributed by atoms with E-state index < -0.39 is 0 Å². The number of piperazine rings is 1. The molecule has 0 atom stereocenters. The van der Waals surface area contributed by atoms with Crippen LogP contribution in [0.2, 0.25) is 5.15 Å². The summed E-state index contributed by atoms with van der Waals surface area (Å²) in [5, 5.41) is 0.411. The fourth-order valence-electron chi connectivity index (χ4n) is 3.28. The monoisotopic (exact) mass is 375 g/mol. The Morgan fingerprint density at radius 3 is 2.73 bits per heavy atom. The standard InChI is InChI=1S/C19H22ClN3O3/c20-19-17(5-2-6-21-19)24-12-11-22-7-9-23(10-8-22)15-3-1-4-16-18(15)26-14-13-25-16/h1-6H,7-14H2. The van der Waals surface area contributed by atoms with E-state index in [0.29, 0.717) is 30.7 Å². The highest BCUT2D eigenvalue weighted by Crippen LogP contribution is 2.39. The van der Waals surface area contributed by atoms with Crippen molar-refractivity contribution < 1.29 is 14.2 Å². The van der Waals surface area contributed by atoms with Crippen LogP contribution >= 0.6 is 11.6 Å². The molecule has 2 aliphatic rings. The summed E-state index contributed by atoms with van der Waals surface area (Å²) in [6, 6.07) is 9.77. The first-order valence-electron chi connectivity index (χ1n) is 8.90. The molecule has 1 saturated heterocycles. The summed E-state index contributed by atoms with van der Waals surface area (Å²) in [5.41, 5.74) is 1.13. The van der Waals surface area contributed by atoms with Crippen LogP contribution in [0.15, 0.2) is 36.5 Å². The van der Waals surface area contributed by atoms with Gasteiger partial charge in [-0.15, -0.1) is 0 Å². The summed E-state index contributed by atoms with van der Waals surface area (Å²) < 4.78 is 17.3. The van der Waals surface area contributed by atoms with Crippen molar-refractivity contribution in [1.82, 2.24) is 9.88 Å². The van der Waals surface area contributed by atoms with Gasteiger partial charge in [0.05, 0.1) is 5.69 Å². The van der Waals surface area contributed by atoms with Crippen LogP contribution in [-0.4, -0.2) is 62.4 Å². The Bertz CT molecular complexity index is 751. The molecule has 3 heterocycles. The molecular weight excluding hydrogens is 354 g/mol. The third-order valence-corrected chi connectivity index (χ3v) is 4.93. The van der Waals surface area contributed by atoms with Crippen LogP contribution < -0.4 is 19.1 Å². The predicted molar refractivity (Wildman–Crippen MR) is 101 cm³/mol. The highest BCUT2D eigenvalue weighted by Gasteiger charge is 2.23. The molecule has 26 heavy (non-hydrogen) atoms. The first-order chi connectivity index (χ1) is 12.8. The third kappa shape index (κ3) is 3.81. The number of nitrogens with zero attached hydrogens (tertiary/aromatic N) is 3. The maximum atomic E-state index is 6.01. The van der Waals surface area contributed by atoms with Gasteiger partial charge in [-0.25, -0.2) is 4.98 Å². The van der Waals surface area contributed by atoms with Gasteiger partial charge in [0.25, 0.3) is 0 Å². The van der Waals surface area contributed by atoms with E-state index >= 15 is 0 Å². The Morgan fingerprint density at radius 1 is 1.04 bits per heavy atom. The summed E-state index contributed by atoms with van der Waals surface area (Å²) in [5.74, 6) is 2.36. The second-order valence-electron chi connectivity index (χ2n) is 6.27. The lowest BCUT2D eigenvalue weighted by atomic mass is 10.2. The summed E-state index contributed by atoms with van der Waals surface area (Å²) in [7, 11) is 0. The second kappa shape index (κ2) is 8.01. The normalized spacial score (nSPS) is 17.2. The molecular formula is C19H22ClN3O3. The maximum Gasteiger partial charge on any atom is 0.184 e. The molecule has 0 amide bonds. The molecule has 4 rings (SSSR count). The van der Waals surface area contributed by atoms with Crippen molar-refractivity contribution in [1.29, 1.82) is 0 Å². The van der Waals surface area contributed by atoms with Gasteiger partial charge in [-0.05, 0) is 24.3 Å². The fraction of sp³-hybridized carbons (Fsp3) is 0.421. The number of rotatable bonds is 5. The van der Waals surface area contributed by atoms with E-state index in [1.54, 1.807) is 6.20 Å². The van der Waals surface area contributed by atoms with E-state index in [9.17, 15) is 0 Å². The Labute approximate surface area is 158 Å². The van der Waals surface area contributed by atoms with Crippen molar-refractivity contribution in [2.45, 2.75) is 0 Å². The molecule has 2 aliphatic heterocycles. The molecule has 0 bridgehead atoms. The van der Waals surface area contributed by atoms with Crippen molar-refractivity contribution in [3.05, 3.63) is 41.7 Å². The first-order valence-corrected chi connectivity index (χ1v) is 9.28. The van der Waals surface area contributed by atoms with Crippen molar-refractivity contribution in [2.75, 3.05) is 57.4 Å². The Morgan fingerprint density at radius 2 is 1.88 bits per heavy atom. The molecule has 0 spiro atoms. The zero-order chi connectivity index (χ0) is 17.8. The van der Waals surface area contributed by atoms with E-state index in [2.05, 4.69) is 20.9 Å². The quantitative estimate of drug-likeness (QED) is 0.749. The van der Waals surface area contributed by atoms with Crippen molar-refractivity contribution >= 4 is 17.3 Å². The van der Waals surface area contributed by atoms with Crippen LogP contribution in [0.3, 0.4) is 0 Å². The molecule has 0 saturated carbocycles. The van der Waals surface area contributed by atoms with Gasteiger partial charge in [0.15, 0.2) is 22.4 Å². The van der Waals surface area contributed by atoms with E-state index in [1.807, 2.05) is 24.3 Å². The zero-order valence-corrected chi connectivity index (χ0v) is 15.3. The number of aromatic nitrogens is 1. The summed E-state index contributed by atoms with van der Waals surface area (Å²) >= 11 is 6.01. The molecule has 1 aromatic heterocycles. The van der Waals surface area contributed by atoms with Crippen molar-refractivity contribution in [3.63, 3.8) is 0 Å². The minimum atomic E-state index is 0.411. The Kier molecular flexibility index (Phi) is 5.32. The molecule has 138 valence electrons. The molecule has 2 aromatic rings. The molecule has 0 N–H and O–H groups in total. The van der Waals surface area contributed by atoms with E-state index in [-0.39, 0.29) is 0 Å². The zero-order valence-electron chi connectivity index (χ0n) is 14.6. The molecule has 0 radical (unpaired) electrons. The smallest absolute Gasteiger partial charge is 0.184 e. The molecule has 1 fully saturated rings. The SMILES string of the molecule is Clc1ncccc1OCCN1CCN(c2cccc3c2OCCO3)CC1. The summed E-state index contributed by atoms with van der Waals surface area (Å²) in [4.78, 5) is 8.78. The highest BCUT2D eigenvalue weighted by atomic mass is 35.5. The lowest BCUT2D eigenvalue weighted by molar-refractivity contribution is 0.170. The third-order valence-electron chi connectivity index (χ3n) is 4.65. The minimum Gasteiger partial charge on any atom is -0.489 e. The number of ether oxygens (including phenoxy) is 3. The lowest BCUT2D eigenvalue weighted by Crippen LogP contribution is -2.47. The number of anilines is 1. The van der Waals surface area contributed by atoms with Crippen LogP contribution in [0.1, 0.15) is 0 Å². The van der Waals surface area contributed by atoms with E-state index in [0.717, 1.165) is 49.9 Å². The average Bonchev–Trinajstić information content (AvgIpc) is 2.70. The first kappa shape index (κ1) is 17.2. The van der Waals surface area contributed by atoms with Crippen molar-refractivity contribution in [2.24, 2.45) is 0 Å². The number of hydrogen-bond acceptors (Lipinski definition) is 6. The Hall–Kier alpha value is -2.18. The summed E-state index contributed by atoms with van der Waals surface area (Å²) in [6.45, 7) is 6.56. The fourth-order valence-corrected chi connectivity index (χ4v) is 3.46. The molecule has 0 aliphatic carbocycles. The number of fused-ring (bicyclic) bond motifs is 1. The van der Waals surface area contributed by atoms with Gasteiger partial charge >= 0.3 is 0 Å². The number of hydrogen-bond donors (Lipinski definition) is 0. The number of halogens is 1. The maximum absolute atomic E-state index is 6.01. The van der Waals surface area contributed by atoms with Crippen molar-refractivity contribution in [3.8, 4) is 17.2 Å². The molecule has 6 nitrogen and oxygen atoms in total. The van der Waals surface area contributed by atoms with Crippen LogP contribution in [0.25, 0.3) is 0 Å². The lowest BCUT2D eigenvalue weighted by Gasteiger charge is -2.37. The van der Waals surface area contributed by atoms with Crippen LogP contribution in [-0.2, 0) is 0 Å². The number of pyridine rings is 1. The van der Waals surface area contributed by atoms with Crippen LogP contribution in [0.5, 0.6) is 17.2 Å². The average molecular weight is 376 g/mol. The topological polar surface area (TPSA) is 47.1 Å². The molecule has 1 aromatic carbocycles. The van der Waals surface area contributed by atoms with Gasteiger partial charge in [0, 0.05) is 38.9 Å². The molecule has 0 unspecified atom stereocenters. The van der Waals surface area contributed by atoms with Gasteiger partial charge in [-0.3, -0.25) is 4.90 Å². The van der Waals surface area contributed by atoms with Gasteiger partial charge in [-0.2, -0.15) is 0 Å². The highest BCUT2D eigenvalue weighted by molar-refractivity contribution is 6.30. The van der Waals surface area contributed by atoms with Gasteiger partial charge in [0.1, 0.15) is 19.8 Å². The van der Waals surface area contributed by atoms with E-state index in [1.165, 1.54) is 0 Å². The van der Waals surface area contributed by atoms with Gasteiger partial charge in [0.2, 0.25) is 0 Å². The van der Waals surface area contributed by atoms with Crippen LogP contribution in [0, 0.1) is 0 Å². The minimum absolute atomic E-state index is 0.411. The van der Waals surface area contributed by atoms with Crippen LogP contribution in [0.4, 0.5) is 5.69 Å². The Balaban J connectivity index is 1.29. The van der Waals surface area contributed by atoms with Gasteiger partial charge in [-0.1, -0.05) is 17.7 Å². The largest absolute Gasteiger partial charge is 0.489 e. The molecule has 7 heteroatoms.